The Kier molecular flexibility index (Phi) is 4.37. The zero-order valence-corrected chi connectivity index (χ0v) is 13.6. The molecule has 8 nitrogen and oxygen atoms in total. The summed E-state index contributed by atoms with van der Waals surface area (Å²) in [5.74, 6) is 1.48. The lowest BCUT2D eigenvalue weighted by molar-refractivity contribution is -0.117. The van der Waals surface area contributed by atoms with E-state index in [0.29, 0.717) is 12.2 Å². The SMILES string of the molecule is Cc1noc(C)c1CCc1nc(CC(N)=O)nn1-c1cccnc1. The fourth-order valence-electron chi connectivity index (χ4n) is 2.57. The maximum atomic E-state index is 11.2. The molecule has 0 fully saturated rings. The third-order valence-electron chi connectivity index (χ3n) is 3.72. The van der Waals surface area contributed by atoms with Crippen molar-refractivity contribution in [3.05, 3.63) is 53.2 Å². The van der Waals surface area contributed by atoms with Gasteiger partial charge in [-0.05, 0) is 32.4 Å². The maximum absolute atomic E-state index is 11.2. The quantitative estimate of drug-likeness (QED) is 0.725. The Morgan fingerprint density at radius 2 is 2.17 bits per heavy atom. The number of aryl methyl sites for hydroxylation is 3. The Hall–Kier alpha value is -3.03. The lowest BCUT2D eigenvalue weighted by atomic mass is 10.1. The highest BCUT2D eigenvalue weighted by Crippen LogP contribution is 2.16. The summed E-state index contributed by atoms with van der Waals surface area (Å²) in [4.78, 5) is 19.7. The van der Waals surface area contributed by atoms with Crippen molar-refractivity contribution in [2.75, 3.05) is 0 Å². The average Bonchev–Trinajstić information content (AvgIpc) is 3.09. The van der Waals surface area contributed by atoms with Gasteiger partial charge in [-0.1, -0.05) is 5.16 Å². The largest absolute Gasteiger partial charge is 0.369 e. The number of hydrogen-bond acceptors (Lipinski definition) is 6. The molecule has 0 aliphatic rings. The summed E-state index contributed by atoms with van der Waals surface area (Å²) < 4.78 is 6.89. The van der Waals surface area contributed by atoms with Crippen LogP contribution >= 0.6 is 0 Å². The van der Waals surface area contributed by atoms with Gasteiger partial charge in [0.05, 0.1) is 24.0 Å². The van der Waals surface area contributed by atoms with Gasteiger partial charge in [-0.25, -0.2) is 9.67 Å². The van der Waals surface area contributed by atoms with Crippen molar-refractivity contribution in [3.63, 3.8) is 0 Å². The fraction of sp³-hybridized carbons (Fsp3) is 0.312. The van der Waals surface area contributed by atoms with Crippen LogP contribution in [-0.4, -0.2) is 30.8 Å². The van der Waals surface area contributed by atoms with Gasteiger partial charge >= 0.3 is 0 Å². The van der Waals surface area contributed by atoms with Crippen LogP contribution in [0.25, 0.3) is 5.69 Å². The standard InChI is InChI=1S/C16H18N6O2/c1-10-13(11(2)24-21-10)5-6-16-19-15(8-14(17)23)20-22(16)12-4-3-7-18-9-12/h3-4,7,9H,5-6,8H2,1-2H3,(H2,17,23). The van der Waals surface area contributed by atoms with Gasteiger partial charge in [-0.2, -0.15) is 5.10 Å². The molecular formula is C16H18N6O2. The molecule has 0 aromatic carbocycles. The normalized spacial score (nSPS) is 10.9. The molecule has 0 unspecified atom stereocenters. The van der Waals surface area contributed by atoms with Gasteiger partial charge in [0.15, 0.2) is 5.82 Å². The third kappa shape index (κ3) is 3.32. The molecule has 124 valence electrons. The number of aromatic nitrogens is 5. The van der Waals surface area contributed by atoms with Crippen LogP contribution in [0.4, 0.5) is 0 Å². The number of carbonyl (C=O) groups is 1. The maximum Gasteiger partial charge on any atom is 0.225 e. The van der Waals surface area contributed by atoms with E-state index >= 15 is 0 Å². The molecule has 0 aliphatic carbocycles. The molecule has 2 N–H and O–H groups in total. The van der Waals surface area contributed by atoms with Crippen molar-refractivity contribution in [2.24, 2.45) is 5.73 Å². The number of hydrogen-bond donors (Lipinski definition) is 1. The number of carbonyl (C=O) groups excluding carboxylic acids is 1. The van der Waals surface area contributed by atoms with Crippen LogP contribution in [0, 0.1) is 13.8 Å². The summed E-state index contributed by atoms with van der Waals surface area (Å²) in [6, 6.07) is 3.71. The molecular weight excluding hydrogens is 308 g/mol. The van der Waals surface area contributed by atoms with E-state index in [0.717, 1.165) is 35.0 Å². The average molecular weight is 326 g/mol. The Balaban J connectivity index is 1.90. The van der Waals surface area contributed by atoms with Crippen molar-refractivity contribution in [2.45, 2.75) is 33.1 Å². The van der Waals surface area contributed by atoms with Gasteiger partial charge < -0.3 is 10.3 Å². The zero-order valence-electron chi connectivity index (χ0n) is 13.6. The minimum Gasteiger partial charge on any atom is -0.369 e. The molecule has 0 saturated heterocycles. The Labute approximate surface area is 138 Å². The van der Waals surface area contributed by atoms with Crippen molar-refractivity contribution < 1.29 is 9.32 Å². The van der Waals surface area contributed by atoms with Crippen LogP contribution in [-0.2, 0) is 24.1 Å². The topological polar surface area (TPSA) is 113 Å². The van der Waals surface area contributed by atoms with Gasteiger partial charge in [-0.15, -0.1) is 0 Å². The number of nitrogens with zero attached hydrogens (tertiary/aromatic N) is 5. The summed E-state index contributed by atoms with van der Waals surface area (Å²) in [7, 11) is 0. The lowest BCUT2D eigenvalue weighted by Gasteiger charge is -2.05. The van der Waals surface area contributed by atoms with Crippen LogP contribution in [0.1, 0.15) is 28.7 Å². The van der Waals surface area contributed by atoms with E-state index in [4.69, 9.17) is 10.3 Å². The van der Waals surface area contributed by atoms with Gasteiger partial charge in [0.25, 0.3) is 0 Å². The predicted octanol–water partition coefficient (Wildman–Crippen LogP) is 1.08. The molecule has 0 atom stereocenters. The van der Waals surface area contributed by atoms with Gasteiger partial charge in [0.1, 0.15) is 11.6 Å². The van der Waals surface area contributed by atoms with Crippen molar-refractivity contribution in [1.82, 2.24) is 24.9 Å². The Morgan fingerprint density at radius 3 is 2.79 bits per heavy atom. The van der Waals surface area contributed by atoms with Crippen molar-refractivity contribution >= 4 is 5.91 Å². The van der Waals surface area contributed by atoms with Crippen LogP contribution in [0.5, 0.6) is 0 Å². The summed E-state index contributed by atoms with van der Waals surface area (Å²) in [6.45, 7) is 3.80. The smallest absolute Gasteiger partial charge is 0.225 e. The molecule has 0 radical (unpaired) electrons. The van der Waals surface area contributed by atoms with Crippen molar-refractivity contribution in [1.29, 1.82) is 0 Å². The lowest BCUT2D eigenvalue weighted by Crippen LogP contribution is -2.14. The van der Waals surface area contributed by atoms with E-state index in [1.165, 1.54) is 0 Å². The van der Waals surface area contributed by atoms with Crippen LogP contribution in [0.3, 0.4) is 0 Å². The van der Waals surface area contributed by atoms with Crippen LogP contribution < -0.4 is 5.73 Å². The number of pyridine rings is 1. The van der Waals surface area contributed by atoms with E-state index < -0.39 is 5.91 Å². The number of rotatable bonds is 6. The van der Waals surface area contributed by atoms with Gasteiger partial charge in [0.2, 0.25) is 5.91 Å². The molecule has 1 amide bonds. The van der Waals surface area contributed by atoms with Gasteiger partial charge in [-0.3, -0.25) is 9.78 Å². The van der Waals surface area contributed by atoms with E-state index in [-0.39, 0.29) is 6.42 Å². The van der Waals surface area contributed by atoms with E-state index in [9.17, 15) is 4.79 Å². The Bertz CT molecular complexity index is 833. The second kappa shape index (κ2) is 6.61. The second-order valence-electron chi connectivity index (χ2n) is 5.51. The summed E-state index contributed by atoms with van der Waals surface area (Å²) in [5.41, 5.74) is 7.97. The first-order valence-corrected chi connectivity index (χ1v) is 7.60. The summed E-state index contributed by atoms with van der Waals surface area (Å²) in [6.07, 6.45) is 4.74. The summed E-state index contributed by atoms with van der Waals surface area (Å²) >= 11 is 0. The first kappa shape index (κ1) is 15.9. The first-order valence-electron chi connectivity index (χ1n) is 7.60. The van der Waals surface area contributed by atoms with E-state index in [1.54, 1.807) is 17.1 Å². The number of primary amides is 1. The molecule has 3 aromatic rings. The molecule has 0 saturated carbocycles. The molecule has 0 aliphatic heterocycles. The molecule has 3 rings (SSSR count). The minimum atomic E-state index is -0.462. The molecule has 24 heavy (non-hydrogen) atoms. The molecule has 3 heterocycles. The third-order valence-corrected chi connectivity index (χ3v) is 3.72. The van der Waals surface area contributed by atoms with Crippen molar-refractivity contribution in [3.8, 4) is 5.69 Å². The summed E-state index contributed by atoms with van der Waals surface area (Å²) in [5, 5.41) is 8.36. The Morgan fingerprint density at radius 1 is 1.33 bits per heavy atom. The molecule has 0 spiro atoms. The zero-order chi connectivity index (χ0) is 17.1. The van der Waals surface area contributed by atoms with Crippen LogP contribution in [0.15, 0.2) is 29.0 Å². The highest BCUT2D eigenvalue weighted by molar-refractivity contribution is 5.75. The number of amides is 1. The minimum absolute atomic E-state index is 0.00554. The van der Waals surface area contributed by atoms with Crippen LogP contribution in [0.2, 0.25) is 0 Å². The van der Waals surface area contributed by atoms with E-state index in [1.807, 2.05) is 26.0 Å². The second-order valence-corrected chi connectivity index (χ2v) is 5.51. The van der Waals surface area contributed by atoms with E-state index in [2.05, 4.69) is 20.2 Å². The molecule has 8 heteroatoms. The van der Waals surface area contributed by atoms with Gasteiger partial charge in [0, 0.05) is 18.2 Å². The highest BCUT2D eigenvalue weighted by Gasteiger charge is 2.16. The monoisotopic (exact) mass is 326 g/mol. The number of nitrogens with two attached hydrogens (primary N) is 1. The predicted molar refractivity (Wildman–Crippen MR) is 85.4 cm³/mol. The molecule has 3 aromatic heterocycles. The fourth-order valence-corrected chi connectivity index (χ4v) is 2.57. The highest BCUT2D eigenvalue weighted by atomic mass is 16.5. The molecule has 0 bridgehead atoms. The first-order chi connectivity index (χ1) is 11.5.